The maximum Gasteiger partial charge on any atom is 0.408 e. The number of carboxylic acid groups (broad SMARTS) is 1. The number of rotatable bonds is 7. The molecule has 4 aromatic rings. The van der Waals surface area contributed by atoms with Crippen LogP contribution in [0.2, 0.25) is 0 Å². The van der Waals surface area contributed by atoms with E-state index in [1.54, 1.807) is 12.1 Å². The van der Waals surface area contributed by atoms with Crippen LogP contribution in [0.15, 0.2) is 71.7 Å². The van der Waals surface area contributed by atoms with E-state index >= 15 is 8.78 Å². The number of pyridine rings is 1. The monoisotopic (exact) mass is 520 g/mol. The number of carboxylic acids is 1. The van der Waals surface area contributed by atoms with Crippen molar-refractivity contribution in [3.05, 3.63) is 105 Å². The minimum atomic E-state index is -1.54. The van der Waals surface area contributed by atoms with Crippen molar-refractivity contribution in [2.75, 3.05) is 7.11 Å². The molecule has 0 bridgehead atoms. The zero-order valence-electron chi connectivity index (χ0n) is 20.2. The van der Waals surface area contributed by atoms with E-state index in [4.69, 9.17) is 9.47 Å². The fourth-order valence-electron chi connectivity index (χ4n) is 4.41. The van der Waals surface area contributed by atoms with E-state index in [1.807, 2.05) is 18.2 Å². The molecule has 0 aliphatic heterocycles. The number of carbonyl (C=O) groups is 2. The molecule has 1 amide bonds. The number of aromatic carboxylic acids is 1. The normalized spacial score (nSPS) is 13.7. The number of benzene rings is 3. The third-order valence-electron chi connectivity index (χ3n) is 6.56. The number of methoxy groups -OCH3 is 1. The number of hydrogen-bond acceptors (Lipinski definition) is 5. The fraction of sp³-hybridized carbons (Fsp3) is 0.179. The Kier molecular flexibility index (Phi) is 6.31. The van der Waals surface area contributed by atoms with Crippen molar-refractivity contribution in [1.82, 2.24) is 9.88 Å². The topological polar surface area (TPSA) is 107 Å². The van der Waals surface area contributed by atoms with Crippen molar-refractivity contribution in [3.63, 3.8) is 0 Å². The van der Waals surface area contributed by atoms with Gasteiger partial charge in [-0.3, -0.25) is 4.79 Å². The van der Waals surface area contributed by atoms with Crippen molar-refractivity contribution in [2.24, 2.45) is 0 Å². The second-order valence-electron chi connectivity index (χ2n) is 8.98. The molecule has 1 aliphatic carbocycles. The third kappa shape index (κ3) is 4.56. The molecule has 10 heteroatoms. The first-order valence-electron chi connectivity index (χ1n) is 11.7. The van der Waals surface area contributed by atoms with Gasteiger partial charge in [0.05, 0.1) is 23.9 Å². The molecule has 194 valence electrons. The van der Waals surface area contributed by atoms with E-state index in [1.165, 1.54) is 29.9 Å². The van der Waals surface area contributed by atoms with E-state index < -0.39 is 40.2 Å². The van der Waals surface area contributed by atoms with Crippen LogP contribution < -0.4 is 15.5 Å². The Hall–Kier alpha value is -4.73. The molecule has 3 aromatic carbocycles. The number of alkyl carbamates (subject to hydrolysis) is 1. The summed E-state index contributed by atoms with van der Waals surface area (Å²) < 4.78 is 41.9. The van der Waals surface area contributed by atoms with Gasteiger partial charge in [0.1, 0.15) is 23.7 Å². The molecule has 38 heavy (non-hydrogen) atoms. The predicted octanol–water partition coefficient (Wildman–Crippen LogP) is 4.89. The number of nitrogens with one attached hydrogen (secondary N) is 1. The summed E-state index contributed by atoms with van der Waals surface area (Å²) in [5, 5.41) is 12.0. The number of aromatic nitrogens is 1. The highest BCUT2D eigenvalue weighted by atomic mass is 19.1. The highest BCUT2D eigenvalue weighted by Gasteiger charge is 2.48. The Morgan fingerprint density at radius 1 is 1.05 bits per heavy atom. The largest absolute Gasteiger partial charge is 0.497 e. The lowest BCUT2D eigenvalue weighted by molar-refractivity contribution is 0.0695. The lowest BCUT2D eigenvalue weighted by atomic mass is 10.00. The number of ether oxygens (including phenoxy) is 2. The second-order valence-corrected chi connectivity index (χ2v) is 8.98. The molecule has 0 radical (unpaired) electrons. The molecule has 0 unspecified atom stereocenters. The Morgan fingerprint density at radius 2 is 1.79 bits per heavy atom. The third-order valence-corrected chi connectivity index (χ3v) is 6.56. The molecule has 1 aliphatic rings. The summed E-state index contributed by atoms with van der Waals surface area (Å²) in [4.78, 5) is 37.2. The summed E-state index contributed by atoms with van der Waals surface area (Å²) in [5.74, 6) is -2.86. The summed E-state index contributed by atoms with van der Waals surface area (Å²) >= 11 is 0. The Balaban J connectivity index is 1.58. The van der Waals surface area contributed by atoms with Gasteiger partial charge < -0.3 is 24.5 Å². The van der Waals surface area contributed by atoms with Crippen molar-refractivity contribution in [1.29, 1.82) is 0 Å². The molecule has 2 N–H and O–H groups in total. The van der Waals surface area contributed by atoms with E-state index in [0.29, 0.717) is 12.8 Å². The summed E-state index contributed by atoms with van der Waals surface area (Å²) in [6, 6.07) is 15.3. The van der Waals surface area contributed by atoms with E-state index in [-0.39, 0.29) is 34.5 Å². The molecule has 1 fully saturated rings. The first-order chi connectivity index (χ1) is 18.2. The standard InChI is InChI=1S/C28H22F2N2O6/c1-37-17-7-8-23(22(30)11-17)32-14-19(26(34)35)25(33)18-12-21(29)20(13-24(18)32)28(9-10-28)31-27(36)38-15-16-5-3-2-4-6-16/h2-8,11-14H,9-10,15H2,1H3,(H,31,36)(H,34,35). The second kappa shape index (κ2) is 9.62. The summed E-state index contributed by atoms with van der Waals surface area (Å²) in [6.45, 7) is 0.0250. The minimum Gasteiger partial charge on any atom is -0.497 e. The lowest BCUT2D eigenvalue weighted by Crippen LogP contribution is -2.36. The zero-order valence-corrected chi connectivity index (χ0v) is 20.2. The SMILES string of the molecule is COc1ccc(-n2cc(C(=O)O)c(=O)c3cc(F)c(C4(NC(=O)OCc5ccccc5)CC4)cc32)c(F)c1. The van der Waals surface area contributed by atoms with E-state index in [0.717, 1.165) is 23.9 Å². The number of carbonyl (C=O) groups excluding carboxylic acids is 1. The van der Waals surface area contributed by atoms with Gasteiger partial charge in [0.15, 0.2) is 5.82 Å². The lowest BCUT2D eigenvalue weighted by Gasteiger charge is -2.21. The van der Waals surface area contributed by atoms with Crippen LogP contribution in [0, 0.1) is 11.6 Å². The molecule has 5 rings (SSSR count). The van der Waals surface area contributed by atoms with Crippen LogP contribution in [0.3, 0.4) is 0 Å². The molecular weight excluding hydrogens is 498 g/mol. The van der Waals surface area contributed by atoms with Gasteiger partial charge in [-0.2, -0.15) is 0 Å². The van der Waals surface area contributed by atoms with E-state index in [9.17, 15) is 19.5 Å². The van der Waals surface area contributed by atoms with Gasteiger partial charge in [-0.25, -0.2) is 18.4 Å². The van der Waals surface area contributed by atoms with Crippen molar-refractivity contribution in [3.8, 4) is 11.4 Å². The maximum atomic E-state index is 15.4. The number of nitrogens with zero attached hydrogens (tertiary/aromatic N) is 1. The van der Waals surface area contributed by atoms with Crippen LogP contribution in [0.4, 0.5) is 13.6 Å². The summed E-state index contributed by atoms with van der Waals surface area (Å²) in [5.41, 5.74) is -1.79. The van der Waals surface area contributed by atoms with Gasteiger partial charge in [0.2, 0.25) is 5.43 Å². The highest BCUT2D eigenvalue weighted by molar-refractivity contribution is 5.93. The molecule has 0 saturated heterocycles. The maximum absolute atomic E-state index is 15.4. The number of halogens is 2. The van der Waals surface area contributed by atoms with Crippen LogP contribution in [0.25, 0.3) is 16.6 Å². The van der Waals surface area contributed by atoms with Crippen molar-refractivity contribution < 1.29 is 33.0 Å². The summed E-state index contributed by atoms with van der Waals surface area (Å²) in [6.07, 6.45) is 1.07. The molecule has 8 nitrogen and oxygen atoms in total. The van der Waals surface area contributed by atoms with Gasteiger partial charge in [0, 0.05) is 23.2 Å². The van der Waals surface area contributed by atoms with Crippen LogP contribution in [-0.4, -0.2) is 28.8 Å². The van der Waals surface area contributed by atoms with Gasteiger partial charge in [-0.05, 0) is 42.7 Å². The van der Waals surface area contributed by atoms with Crippen LogP contribution in [-0.2, 0) is 16.9 Å². The zero-order chi connectivity index (χ0) is 27.0. The smallest absolute Gasteiger partial charge is 0.408 e. The Labute approximate surface area is 215 Å². The van der Waals surface area contributed by atoms with Crippen LogP contribution in [0.5, 0.6) is 5.75 Å². The van der Waals surface area contributed by atoms with Gasteiger partial charge in [-0.1, -0.05) is 30.3 Å². The van der Waals surface area contributed by atoms with Gasteiger partial charge in [-0.15, -0.1) is 0 Å². The summed E-state index contributed by atoms with van der Waals surface area (Å²) in [7, 11) is 1.37. The number of fused-ring (bicyclic) bond motifs is 1. The highest BCUT2D eigenvalue weighted by Crippen LogP contribution is 2.47. The fourth-order valence-corrected chi connectivity index (χ4v) is 4.41. The van der Waals surface area contributed by atoms with Gasteiger partial charge in [0.25, 0.3) is 0 Å². The molecular formula is C28H22F2N2O6. The molecule has 1 saturated carbocycles. The van der Waals surface area contributed by atoms with Crippen LogP contribution in [0.1, 0.15) is 34.3 Å². The molecule has 0 spiro atoms. The Bertz CT molecular complexity index is 1630. The quantitative estimate of drug-likeness (QED) is 0.359. The molecule has 1 aromatic heterocycles. The average molecular weight is 520 g/mol. The molecule has 0 atom stereocenters. The first-order valence-corrected chi connectivity index (χ1v) is 11.7. The number of hydrogen-bond donors (Lipinski definition) is 2. The van der Waals surface area contributed by atoms with Gasteiger partial charge >= 0.3 is 12.1 Å². The minimum absolute atomic E-state index is 0.0250. The Morgan fingerprint density at radius 3 is 2.42 bits per heavy atom. The van der Waals surface area contributed by atoms with E-state index in [2.05, 4.69) is 5.32 Å². The predicted molar refractivity (Wildman–Crippen MR) is 134 cm³/mol. The van der Waals surface area contributed by atoms with Crippen molar-refractivity contribution >= 4 is 23.0 Å². The molecule has 1 heterocycles. The first kappa shape index (κ1) is 24.9. The van der Waals surface area contributed by atoms with Crippen LogP contribution >= 0.6 is 0 Å². The average Bonchev–Trinajstić information content (AvgIpc) is 3.68. The number of amides is 1. The van der Waals surface area contributed by atoms with Crippen molar-refractivity contribution in [2.45, 2.75) is 25.0 Å².